The molecule has 32 heavy (non-hydrogen) atoms. The zero-order valence-corrected chi connectivity index (χ0v) is 20.3. The SMILES string of the molecule is Cc1ccc(SCCCC(=O)N(CCCN2CCOCC2)c2nc3ccccc3s2)cc1. The number of carbonyl (C=O) groups excluding carboxylic acids is 1. The van der Waals surface area contributed by atoms with E-state index >= 15 is 0 Å². The molecule has 0 N–H and O–H groups in total. The molecule has 2 aromatic carbocycles. The molecule has 5 nitrogen and oxygen atoms in total. The number of nitrogens with zero attached hydrogens (tertiary/aromatic N) is 3. The fourth-order valence-corrected chi connectivity index (χ4v) is 5.62. The number of para-hydroxylation sites is 1. The molecule has 3 aromatic rings. The fourth-order valence-electron chi connectivity index (χ4n) is 3.76. The molecule has 0 bridgehead atoms. The lowest BCUT2D eigenvalue weighted by molar-refractivity contribution is -0.118. The van der Waals surface area contributed by atoms with Crippen LogP contribution in [-0.4, -0.2) is 60.9 Å². The highest BCUT2D eigenvalue weighted by molar-refractivity contribution is 7.99. The van der Waals surface area contributed by atoms with Gasteiger partial charge in [0, 0.05) is 37.5 Å². The van der Waals surface area contributed by atoms with Gasteiger partial charge >= 0.3 is 0 Å². The van der Waals surface area contributed by atoms with Crippen molar-refractivity contribution in [3.8, 4) is 0 Å². The Kier molecular flexibility index (Phi) is 8.56. The molecule has 1 saturated heterocycles. The Bertz CT molecular complexity index is 967. The predicted octanol–water partition coefficient (Wildman–Crippen LogP) is 5.23. The molecular formula is C25H31N3O2S2. The third kappa shape index (κ3) is 6.54. The van der Waals surface area contributed by atoms with Gasteiger partial charge in [0.25, 0.3) is 0 Å². The van der Waals surface area contributed by atoms with E-state index in [1.807, 2.05) is 34.9 Å². The average molecular weight is 470 g/mol. The molecule has 1 aromatic heterocycles. The first kappa shape index (κ1) is 23.2. The van der Waals surface area contributed by atoms with Gasteiger partial charge in [-0.25, -0.2) is 4.98 Å². The number of ether oxygens (including phenoxy) is 1. The summed E-state index contributed by atoms with van der Waals surface area (Å²) in [5.74, 6) is 1.12. The maximum absolute atomic E-state index is 13.2. The Hall–Kier alpha value is -1.93. The molecule has 1 aliphatic rings. The van der Waals surface area contributed by atoms with Gasteiger partial charge in [-0.3, -0.25) is 14.6 Å². The Morgan fingerprint density at radius 1 is 1.12 bits per heavy atom. The third-order valence-corrected chi connectivity index (χ3v) is 7.76. The van der Waals surface area contributed by atoms with E-state index < -0.39 is 0 Å². The molecule has 0 atom stereocenters. The number of hydrogen-bond acceptors (Lipinski definition) is 6. The number of carbonyl (C=O) groups is 1. The third-order valence-electron chi connectivity index (χ3n) is 5.60. The summed E-state index contributed by atoms with van der Waals surface area (Å²) in [5.41, 5.74) is 2.24. The number of fused-ring (bicyclic) bond motifs is 1. The second kappa shape index (κ2) is 11.8. The van der Waals surface area contributed by atoms with E-state index in [-0.39, 0.29) is 5.91 Å². The van der Waals surface area contributed by atoms with Gasteiger partial charge in [0.05, 0.1) is 23.4 Å². The fraction of sp³-hybridized carbons (Fsp3) is 0.440. The van der Waals surface area contributed by atoms with Crippen LogP contribution in [0.3, 0.4) is 0 Å². The van der Waals surface area contributed by atoms with Crippen molar-refractivity contribution in [2.24, 2.45) is 0 Å². The van der Waals surface area contributed by atoms with Gasteiger partial charge in [0.2, 0.25) is 5.91 Å². The van der Waals surface area contributed by atoms with E-state index in [0.29, 0.717) is 13.0 Å². The van der Waals surface area contributed by atoms with Crippen LogP contribution in [0.5, 0.6) is 0 Å². The van der Waals surface area contributed by atoms with Gasteiger partial charge < -0.3 is 4.74 Å². The highest BCUT2D eigenvalue weighted by Crippen LogP contribution is 2.29. The number of benzene rings is 2. The summed E-state index contributed by atoms with van der Waals surface area (Å²) in [5, 5.41) is 0.823. The normalized spacial score (nSPS) is 14.7. The van der Waals surface area contributed by atoms with Crippen LogP contribution in [0.1, 0.15) is 24.8 Å². The number of thiazole rings is 1. The molecule has 0 saturated carbocycles. The van der Waals surface area contributed by atoms with Crippen LogP contribution in [0.15, 0.2) is 53.4 Å². The summed E-state index contributed by atoms with van der Waals surface area (Å²) in [7, 11) is 0. The maximum atomic E-state index is 13.2. The summed E-state index contributed by atoms with van der Waals surface area (Å²) in [4.78, 5) is 23.6. The van der Waals surface area contributed by atoms with Crippen molar-refractivity contribution >= 4 is 44.4 Å². The molecule has 0 radical (unpaired) electrons. The van der Waals surface area contributed by atoms with Crippen molar-refractivity contribution in [2.45, 2.75) is 31.1 Å². The molecule has 1 amide bonds. The number of anilines is 1. The summed E-state index contributed by atoms with van der Waals surface area (Å²) in [6.07, 6.45) is 2.36. The van der Waals surface area contributed by atoms with Gasteiger partial charge in [-0.15, -0.1) is 11.8 Å². The van der Waals surface area contributed by atoms with Crippen LogP contribution < -0.4 is 4.90 Å². The van der Waals surface area contributed by atoms with Crippen molar-refractivity contribution in [1.29, 1.82) is 0 Å². The first-order valence-electron chi connectivity index (χ1n) is 11.3. The molecule has 170 valence electrons. The minimum Gasteiger partial charge on any atom is -0.379 e. The minimum absolute atomic E-state index is 0.176. The summed E-state index contributed by atoms with van der Waals surface area (Å²) < 4.78 is 6.57. The van der Waals surface area contributed by atoms with Crippen molar-refractivity contribution in [3.63, 3.8) is 0 Å². The molecule has 4 rings (SSSR count). The monoisotopic (exact) mass is 469 g/mol. The quantitative estimate of drug-likeness (QED) is 0.300. The minimum atomic E-state index is 0.176. The topological polar surface area (TPSA) is 45.7 Å². The van der Waals surface area contributed by atoms with E-state index in [0.717, 1.165) is 66.8 Å². The average Bonchev–Trinajstić information content (AvgIpc) is 3.25. The largest absolute Gasteiger partial charge is 0.379 e. The molecule has 2 heterocycles. The maximum Gasteiger partial charge on any atom is 0.228 e. The van der Waals surface area contributed by atoms with E-state index in [1.54, 1.807) is 11.3 Å². The van der Waals surface area contributed by atoms with Crippen LogP contribution in [0, 0.1) is 6.92 Å². The Labute approximate surface area is 198 Å². The second-order valence-electron chi connectivity index (χ2n) is 8.08. The number of morpholine rings is 1. The lowest BCUT2D eigenvalue weighted by atomic mass is 10.2. The number of aromatic nitrogens is 1. The van der Waals surface area contributed by atoms with E-state index in [4.69, 9.17) is 9.72 Å². The second-order valence-corrected chi connectivity index (χ2v) is 10.3. The van der Waals surface area contributed by atoms with Gasteiger partial charge in [0.1, 0.15) is 0 Å². The molecular weight excluding hydrogens is 438 g/mol. The first-order chi connectivity index (χ1) is 15.7. The van der Waals surface area contributed by atoms with Gasteiger partial charge in [-0.2, -0.15) is 0 Å². The first-order valence-corrected chi connectivity index (χ1v) is 13.1. The van der Waals surface area contributed by atoms with Gasteiger partial charge in [-0.05, 0) is 49.8 Å². The highest BCUT2D eigenvalue weighted by Gasteiger charge is 2.20. The smallest absolute Gasteiger partial charge is 0.228 e. The van der Waals surface area contributed by atoms with Crippen LogP contribution in [-0.2, 0) is 9.53 Å². The number of thioether (sulfide) groups is 1. The number of hydrogen-bond donors (Lipinski definition) is 0. The standard InChI is InChI=1S/C25H31N3O2S2/c1-20-9-11-21(12-10-20)31-19-4-8-24(29)28(14-5-13-27-15-17-30-18-16-27)25-26-22-6-2-3-7-23(22)32-25/h2-3,6-7,9-12H,4-5,8,13-19H2,1H3. The van der Waals surface area contributed by atoms with Crippen LogP contribution in [0.2, 0.25) is 0 Å². The summed E-state index contributed by atoms with van der Waals surface area (Å²) >= 11 is 3.43. The molecule has 0 aliphatic carbocycles. The molecule has 1 fully saturated rings. The Balaban J connectivity index is 1.34. The zero-order valence-electron chi connectivity index (χ0n) is 18.7. The van der Waals surface area contributed by atoms with Crippen molar-refractivity contribution in [2.75, 3.05) is 50.0 Å². The van der Waals surface area contributed by atoms with Gasteiger partial charge in [-0.1, -0.05) is 41.2 Å². The van der Waals surface area contributed by atoms with Crippen molar-refractivity contribution in [3.05, 3.63) is 54.1 Å². The number of amides is 1. The molecule has 0 unspecified atom stereocenters. The zero-order chi connectivity index (χ0) is 22.2. The summed E-state index contributed by atoms with van der Waals surface area (Å²) in [6, 6.07) is 16.7. The Morgan fingerprint density at radius 2 is 1.91 bits per heavy atom. The highest BCUT2D eigenvalue weighted by atomic mass is 32.2. The lowest BCUT2D eigenvalue weighted by Crippen LogP contribution is -2.39. The van der Waals surface area contributed by atoms with Crippen LogP contribution in [0.25, 0.3) is 10.2 Å². The predicted molar refractivity (Wildman–Crippen MR) is 135 cm³/mol. The Morgan fingerprint density at radius 3 is 2.69 bits per heavy atom. The number of rotatable bonds is 10. The van der Waals surface area contributed by atoms with Crippen LogP contribution >= 0.6 is 23.1 Å². The van der Waals surface area contributed by atoms with Crippen molar-refractivity contribution < 1.29 is 9.53 Å². The molecule has 0 spiro atoms. The van der Waals surface area contributed by atoms with Crippen LogP contribution in [0.4, 0.5) is 5.13 Å². The van der Waals surface area contributed by atoms with E-state index in [2.05, 4.69) is 42.2 Å². The van der Waals surface area contributed by atoms with Crippen molar-refractivity contribution in [1.82, 2.24) is 9.88 Å². The number of aryl methyl sites for hydroxylation is 1. The van der Waals surface area contributed by atoms with E-state index in [1.165, 1.54) is 10.5 Å². The molecule has 7 heteroatoms. The van der Waals surface area contributed by atoms with E-state index in [9.17, 15) is 4.79 Å². The molecule has 1 aliphatic heterocycles. The summed E-state index contributed by atoms with van der Waals surface area (Å²) in [6.45, 7) is 7.36. The van der Waals surface area contributed by atoms with Gasteiger partial charge in [0.15, 0.2) is 5.13 Å². The lowest BCUT2D eigenvalue weighted by Gasteiger charge is -2.27.